The van der Waals surface area contributed by atoms with Crippen molar-refractivity contribution in [2.45, 2.75) is 12.8 Å². The number of amides is 1. The average Bonchev–Trinajstić information content (AvgIpc) is 3.05. The van der Waals surface area contributed by atoms with E-state index in [0.29, 0.717) is 5.56 Å². The molecule has 144 valence electrons. The average molecular weight is 383 g/mol. The highest BCUT2D eigenvalue weighted by atomic mass is 16.5. The molecule has 4 nitrogen and oxygen atoms in total. The van der Waals surface area contributed by atoms with Crippen molar-refractivity contribution in [2.24, 2.45) is 0 Å². The molecule has 29 heavy (non-hydrogen) atoms. The van der Waals surface area contributed by atoms with E-state index >= 15 is 0 Å². The number of hydrogen-bond donors (Lipinski definition) is 2. The van der Waals surface area contributed by atoms with Crippen molar-refractivity contribution in [3.05, 3.63) is 89.0 Å². The number of carbonyl (C=O) groups excluding carboxylic acids is 1. The van der Waals surface area contributed by atoms with Crippen LogP contribution < -0.4 is 5.32 Å². The Labute approximate surface area is 170 Å². The molecule has 0 aromatic heterocycles. The lowest BCUT2D eigenvalue weighted by Crippen LogP contribution is -2.26. The second-order valence-corrected chi connectivity index (χ2v) is 6.95. The Morgan fingerprint density at radius 3 is 2.31 bits per heavy atom. The van der Waals surface area contributed by atoms with E-state index in [4.69, 9.17) is 4.74 Å². The lowest BCUT2D eigenvalue weighted by molar-refractivity contribution is 0.144. The number of nitrogens with one attached hydrogen (secondary N) is 1. The number of hydrogen-bond acceptors (Lipinski definition) is 3. The summed E-state index contributed by atoms with van der Waals surface area (Å²) in [5, 5.41) is 12.5. The molecule has 3 aromatic rings. The smallest absolute Gasteiger partial charge is 0.407 e. The molecule has 1 amide bonds. The van der Waals surface area contributed by atoms with Crippen LogP contribution in [0.2, 0.25) is 0 Å². The van der Waals surface area contributed by atoms with Gasteiger partial charge in [0.2, 0.25) is 0 Å². The minimum absolute atomic E-state index is 0.0307. The monoisotopic (exact) mass is 383 g/mol. The normalized spacial score (nSPS) is 11.8. The Hall–Kier alpha value is -3.71. The molecular weight excluding hydrogens is 362 g/mol. The van der Waals surface area contributed by atoms with Crippen molar-refractivity contribution in [1.82, 2.24) is 5.32 Å². The summed E-state index contributed by atoms with van der Waals surface area (Å²) in [7, 11) is 0. The number of aryl methyl sites for hydroxylation is 1. The minimum Gasteiger partial charge on any atom is -0.507 e. The lowest BCUT2D eigenvalue weighted by atomic mass is 9.98. The SMILES string of the molecule is Cc1cccc(O)c1C#CCNC(=O)OCC1c2ccccc2-c2ccccc21. The summed E-state index contributed by atoms with van der Waals surface area (Å²) in [6.07, 6.45) is -0.504. The van der Waals surface area contributed by atoms with Gasteiger partial charge in [0.05, 0.1) is 12.1 Å². The summed E-state index contributed by atoms with van der Waals surface area (Å²) >= 11 is 0. The molecule has 0 aliphatic heterocycles. The summed E-state index contributed by atoms with van der Waals surface area (Å²) in [5.74, 6) is 5.91. The van der Waals surface area contributed by atoms with Gasteiger partial charge >= 0.3 is 6.09 Å². The van der Waals surface area contributed by atoms with Crippen molar-refractivity contribution in [3.8, 4) is 28.7 Å². The summed E-state index contributed by atoms with van der Waals surface area (Å²) in [6, 6.07) is 21.7. The van der Waals surface area contributed by atoms with Crippen LogP contribution in [0.25, 0.3) is 11.1 Å². The quantitative estimate of drug-likeness (QED) is 0.651. The second-order valence-electron chi connectivity index (χ2n) is 6.95. The molecule has 0 atom stereocenters. The van der Waals surface area contributed by atoms with Crippen molar-refractivity contribution in [1.29, 1.82) is 0 Å². The maximum Gasteiger partial charge on any atom is 0.407 e. The summed E-state index contributed by atoms with van der Waals surface area (Å²) in [5.41, 5.74) is 6.20. The summed E-state index contributed by atoms with van der Waals surface area (Å²) in [4.78, 5) is 12.1. The first-order valence-electron chi connectivity index (χ1n) is 9.51. The van der Waals surface area contributed by atoms with E-state index in [1.54, 1.807) is 12.1 Å². The molecule has 1 aliphatic carbocycles. The van der Waals surface area contributed by atoms with Gasteiger partial charge in [-0.1, -0.05) is 72.5 Å². The molecule has 0 heterocycles. The third-order valence-corrected chi connectivity index (χ3v) is 5.13. The van der Waals surface area contributed by atoms with Gasteiger partial charge in [0.25, 0.3) is 0 Å². The number of fused-ring (bicyclic) bond motifs is 3. The number of aromatic hydroxyl groups is 1. The van der Waals surface area contributed by atoms with Crippen LogP contribution in [0.5, 0.6) is 5.75 Å². The number of carbonyl (C=O) groups is 1. The summed E-state index contributed by atoms with van der Waals surface area (Å²) < 4.78 is 5.47. The third-order valence-electron chi connectivity index (χ3n) is 5.13. The molecule has 0 unspecified atom stereocenters. The Balaban J connectivity index is 1.37. The van der Waals surface area contributed by atoms with Crippen molar-refractivity contribution in [3.63, 3.8) is 0 Å². The Morgan fingerprint density at radius 2 is 1.66 bits per heavy atom. The van der Waals surface area contributed by atoms with E-state index in [9.17, 15) is 9.90 Å². The second kappa shape index (κ2) is 8.12. The van der Waals surface area contributed by atoms with Gasteiger partial charge in [-0.05, 0) is 40.8 Å². The molecule has 4 heteroatoms. The highest BCUT2D eigenvalue weighted by Gasteiger charge is 2.28. The van der Waals surface area contributed by atoms with E-state index in [0.717, 1.165) is 5.56 Å². The molecule has 0 bridgehead atoms. The zero-order valence-corrected chi connectivity index (χ0v) is 16.1. The van der Waals surface area contributed by atoms with Gasteiger partial charge in [0.15, 0.2) is 0 Å². The van der Waals surface area contributed by atoms with Crippen molar-refractivity contribution < 1.29 is 14.6 Å². The number of benzene rings is 3. The zero-order chi connectivity index (χ0) is 20.2. The fraction of sp³-hybridized carbons (Fsp3) is 0.160. The van der Waals surface area contributed by atoms with E-state index in [1.165, 1.54) is 22.3 Å². The molecule has 0 saturated carbocycles. The van der Waals surface area contributed by atoms with Gasteiger partial charge in [0, 0.05) is 5.92 Å². The van der Waals surface area contributed by atoms with Gasteiger partial charge < -0.3 is 15.2 Å². The van der Waals surface area contributed by atoms with Gasteiger partial charge in [-0.3, -0.25) is 0 Å². The fourth-order valence-corrected chi connectivity index (χ4v) is 3.71. The van der Waals surface area contributed by atoms with Crippen LogP contribution in [0.3, 0.4) is 0 Å². The molecule has 1 aliphatic rings. The topological polar surface area (TPSA) is 58.6 Å². The van der Waals surface area contributed by atoms with Crippen LogP contribution in [-0.2, 0) is 4.74 Å². The van der Waals surface area contributed by atoms with Gasteiger partial charge in [-0.2, -0.15) is 0 Å². The Bertz CT molecular complexity index is 1060. The largest absolute Gasteiger partial charge is 0.507 e. The van der Waals surface area contributed by atoms with Crippen LogP contribution in [-0.4, -0.2) is 24.4 Å². The van der Waals surface area contributed by atoms with Crippen LogP contribution >= 0.6 is 0 Å². The maximum atomic E-state index is 12.1. The molecule has 4 rings (SSSR count). The van der Waals surface area contributed by atoms with Crippen molar-refractivity contribution >= 4 is 6.09 Å². The van der Waals surface area contributed by atoms with E-state index < -0.39 is 6.09 Å². The summed E-state index contributed by atoms with van der Waals surface area (Å²) in [6.45, 7) is 2.29. The Kier molecular flexibility index (Phi) is 5.22. The van der Waals surface area contributed by atoms with Crippen LogP contribution in [0.1, 0.15) is 28.2 Å². The Morgan fingerprint density at radius 1 is 1.00 bits per heavy atom. The van der Waals surface area contributed by atoms with Crippen LogP contribution in [0, 0.1) is 18.8 Å². The molecule has 3 aromatic carbocycles. The predicted octanol–water partition coefficient (Wildman–Crippen LogP) is 4.59. The molecule has 0 fully saturated rings. The van der Waals surface area contributed by atoms with E-state index in [-0.39, 0.29) is 24.8 Å². The van der Waals surface area contributed by atoms with Gasteiger partial charge in [0.1, 0.15) is 12.4 Å². The van der Waals surface area contributed by atoms with Gasteiger partial charge in [-0.25, -0.2) is 4.79 Å². The zero-order valence-electron chi connectivity index (χ0n) is 16.1. The van der Waals surface area contributed by atoms with Crippen molar-refractivity contribution in [2.75, 3.05) is 13.2 Å². The molecular formula is C25H21NO3. The predicted molar refractivity (Wildman–Crippen MR) is 113 cm³/mol. The maximum absolute atomic E-state index is 12.1. The lowest BCUT2D eigenvalue weighted by Gasteiger charge is -2.14. The number of phenols is 1. The highest BCUT2D eigenvalue weighted by molar-refractivity contribution is 5.79. The molecule has 0 spiro atoms. The van der Waals surface area contributed by atoms with E-state index in [2.05, 4.69) is 41.4 Å². The van der Waals surface area contributed by atoms with E-state index in [1.807, 2.05) is 37.3 Å². The van der Waals surface area contributed by atoms with Crippen LogP contribution in [0.4, 0.5) is 4.79 Å². The number of rotatable bonds is 3. The highest BCUT2D eigenvalue weighted by Crippen LogP contribution is 2.44. The number of phenolic OH excluding ortho intramolecular Hbond substituents is 1. The van der Waals surface area contributed by atoms with Gasteiger partial charge in [-0.15, -0.1) is 0 Å². The molecule has 0 saturated heterocycles. The minimum atomic E-state index is -0.504. The van der Waals surface area contributed by atoms with Crippen LogP contribution in [0.15, 0.2) is 66.7 Å². The molecule has 0 radical (unpaired) electrons. The number of ether oxygens (including phenoxy) is 1. The third kappa shape index (κ3) is 3.81. The first kappa shape index (κ1) is 18.6. The first-order chi connectivity index (χ1) is 14.1. The number of alkyl carbamates (subject to hydrolysis) is 1. The fourth-order valence-electron chi connectivity index (χ4n) is 3.71. The molecule has 2 N–H and O–H groups in total. The standard InChI is InChI=1S/C25H21NO3/c1-17-8-6-14-24(27)18(17)13-7-15-26-25(28)29-16-23-21-11-4-2-9-19(21)20-10-3-5-12-22(20)23/h2-6,8-12,14,23,27H,15-16H2,1H3,(H,26,28). The first-order valence-corrected chi connectivity index (χ1v) is 9.51.